The van der Waals surface area contributed by atoms with Crippen molar-refractivity contribution < 1.29 is 27.2 Å². The van der Waals surface area contributed by atoms with Gasteiger partial charge < -0.3 is 10.2 Å². The molecule has 2 atom stereocenters. The molecule has 0 fully saturated rings. The number of alkyl halides is 3. The van der Waals surface area contributed by atoms with Gasteiger partial charge in [-0.25, -0.2) is 9.07 Å². The lowest BCUT2D eigenvalue weighted by atomic mass is 9.80. The van der Waals surface area contributed by atoms with E-state index in [9.17, 15) is 27.2 Å². The van der Waals surface area contributed by atoms with E-state index >= 15 is 0 Å². The maximum Gasteiger partial charge on any atom is 0.416 e. The molecular formula is C36H37F4N7O2. The number of hydrogen-bond acceptors (Lipinski definition) is 5. The lowest BCUT2D eigenvalue weighted by Gasteiger charge is -2.38. The Bertz CT molecular complexity index is 1820. The number of amides is 2. The SMILES string of the molecule is [C-]#[N+]N(CCCCN(C)C)Cc1nn(-c2ccccc2)c2c1[C@H](c1ccc(F)cc1)[C@H](NC(=O)c1cccc(C(F)(F)F)c1)C(=O)N2CC. The Morgan fingerprint density at radius 2 is 1.69 bits per heavy atom. The fourth-order valence-electron chi connectivity index (χ4n) is 6.09. The molecule has 0 saturated carbocycles. The standard InChI is InChI=1S/C36H37F4N7O2/c1-5-46-34-31(29(43-47(34)28-14-7-6-8-15-28)23-45(41-2)21-10-9-20-44(3)4)30(24-16-18-27(37)19-17-24)32(35(46)49)42-33(48)25-12-11-13-26(22-25)36(38,39)40/h6-8,11-19,22,30,32H,5,9-10,20-21,23H2,1,3-4H3,(H,42,48)/t30-,32-/m0/s1. The van der Waals surface area contributed by atoms with Gasteiger partial charge in [0.25, 0.3) is 11.8 Å². The lowest BCUT2D eigenvalue weighted by molar-refractivity contribution is -0.137. The van der Waals surface area contributed by atoms with E-state index in [0.29, 0.717) is 34.9 Å². The third-order valence-electron chi connectivity index (χ3n) is 8.44. The molecule has 5 rings (SSSR count). The first-order valence-electron chi connectivity index (χ1n) is 15.9. The number of fused-ring (bicyclic) bond motifs is 1. The zero-order valence-corrected chi connectivity index (χ0v) is 27.4. The van der Waals surface area contributed by atoms with E-state index in [1.54, 1.807) is 16.6 Å². The molecule has 0 unspecified atom stereocenters. The number of halogens is 4. The highest BCUT2D eigenvalue weighted by Gasteiger charge is 2.46. The molecule has 0 bridgehead atoms. The van der Waals surface area contributed by atoms with Gasteiger partial charge in [0, 0.05) is 23.6 Å². The highest BCUT2D eigenvalue weighted by molar-refractivity contribution is 6.05. The minimum absolute atomic E-state index is 0.0887. The van der Waals surface area contributed by atoms with E-state index in [1.807, 2.05) is 44.4 Å². The van der Waals surface area contributed by atoms with Gasteiger partial charge in [0.05, 0.1) is 23.5 Å². The first-order chi connectivity index (χ1) is 23.4. The first kappa shape index (κ1) is 35.1. The number of carbonyl (C=O) groups is 2. The molecule has 49 heavy (non-hydrogen) atoms. The van der Waals surface area contributed by atoms with Crippen LogP contribution in [0, 0.1) is 12.4 Å². The second kappa shape index (κ2) is 14.9. The fraction of sp³-hybridized carbons (Fsp3) is 0.333. The Labute approximate surface area is 282 Å². The number of benzene rings is 3. The predicted octanol–water partition coefficient (Wildman–Crippen LogP) is 6.31. The molecule has 3 aromatic carbocycles. The maximum absolute atomic E-state index is 14.4. The Morgan fingerprint density at radius 3 is 2.33 bits per heavy atom. The average molecular weight is 676 g/mol. The van der Waals surface area contributed by atoms with Crippen LogP contribution in [0.2, 0.25) is 0 Å². The highest BCUT2D eigenvalue weighted by Crippen LogP contribution is 2.44. The van der Waals surface area contributed by atoms with Gasteiger partial charge >= 0.3 is 6.18 Å². The summed E-state index contributed by atoms with van der Waals surface area (Å²) < 4.78 is 56.4. The first-order valence-corrected chi connectivity index (χ1v) is 15.9. The molecule has 2 heterocycles. The number of likely N-dealkylation sites (N-methyl/N-ethyl adjacent to an activating group) is 1. The molecular weight excluding hydrogens is 638 g/mol. The predicted molar refractivity (Wildman–Crippen MR) is 177 cm³/mol. The lowest BCUT2D eigenvalue weighted by Crippen LogP contribution is -2.55. The van der Waals surface area contributed by atoms with E-state index in [-0.39, 0.29) is 18.7 Å². The summed E-state index contributed by atoms with van der Waals surface area (Å²) in [5, 5.41) is 9.25. The van der Waals surface area contributed by atoms with Gasteiger partial charge in [0.1, 0.15) is 24.2 Å². The van der Waals surface area contributed by atoms with E-state index < -0.39 is 41.3 Å². The zero-order valence-electron chi connectivity index (χ0n) is 27.4. The summed E-state index contributed by atoms with van der Waals surface area (Å²) in [6.45, 7) is 11.3. The van der Waals surface area contributed by atoms with Crippen LogP contribution in [0.15, 0.2) is 78.9 Å². The Kier molecular flexibility index (Phi) is 10.7. The Hall–Kier alpha value is -5.22. The average Bonchev–Trinajstić information content (AvgIpc) is 3.45. The smallest absolute Gasteiger partial charge is 0.339 e. The normalized spacial score (nSPS) is 16.0. The van der Waals surface area contributed by atoms with E-state index in [0.717, 1.165) is 37.6 Å². The monoisotopic (exact) mass is 675 g/mol. The van der Waals surface area contributed by atoms with Crippen molar-refractivity contribution in [1.82, 2.24) is 25.0 Å². The van der Waals surface area contributed by atoms with Crippen molar-refractivity contribution in [3.8, 4) is 5.69 Å². The van der Waals surface area contributed by atoms with Crippen LogP contribution in [-0.4, -0.2) is 71.3 Å². The molecule has 9 nitrogen and oxygen atoms in total. The van der Waals surface area contributed by atoms with Gasteiger partial charge in [0.2, 0.25) is 0 Å². The minimum atomic E-state index is -4.68. The molecule has 1 aliphatic heterocycles. The maximum atomic E-state index is 14.4. The largest absolute Gasteiger partial charge is 0.416 e. The molecule has 0 aliphatic carbocycles. The summed E-state index contributed by atoms with van der Waals surface area (Å²) in [5.41, 5.74) is 0.885. The molecule has 256 valence electrons. The van der Waals surface area contributed by atoms with Gasteiger partial charge in [-0.1, -0.05) is 36.4 Å². The quantitative estimate of drug-likeness (QED) is 0.0826. The highest BCUT2D eigenvalue weighted by atomic mass is 19.4. The number of aromatic nitrogens is 2. The van der Waals surface area contributed by atoms with Gasteiger partial charge in [-0.2, -0.15) is 29.8 Å². The van der Waals surface area contributed by atoms with Crippen molar-refractivity contribution in [3.63, 3.8) is 0 Å². The minimum Gasteiger partial charge on any atom is -0.339 e. The molecule has 0 saturated heterocycles. The van der Waals surface area contributed by atoms with Gasteiger partial charge in [-0.05, 0) is 88.4 Å². The summed E-state index contributed by atoms with van der Waals surface area (Å²) in [4.78, 5) is 35.3. The number of hydrogen-bond donors (Lipinski definition) is 1. The second-order valence-electron chi connectivity index (χ2n) is 12.1. The molecule has 4 aromatic rings. The van der Waals surface area contributed by atoms with Crippen LogP contribution >= 0.6 is 0 Å². The number of anilines is 1. The van der Waals surface area contributed by atoms with Gasteiger partial charge in [0.15, 0.2) is 0 Å². The molecule has 13 heteroatoms. The summed E-state index contributed by atoms with van der Waals surface area (Å²) in [7, 11) is 3.96. The number of para-hydroxylation sites is 1. The van der Waals surface area contributed by atoms with Crippen molar-refractivity contribution in [2.75, 3.05) is 38.6 Å². The van der Waals surface area contributed by atoms with Crippen molar-refractivity contribution in [3.05, 3.63) is 124 Å². The molecule has 1 aliphatic rings. The topological polar surface area (TPSA) is 78.1 Å². The number of nitrogens with one attached hydrogen (secondary N) is 1. The van der Waals surface area contributed by atoms with E-state index in [2.05, 4.69) is 15.2 Å². The zero-order chi connectivity index (χ0) is 35.3. The van der Waals surface area contributed by atoms with Crippen LogP contribution < -0.4 is 10.2 Å². The van der Waals surface area contributed by atoms with Crippen molar-refractivity contribution in [1.29, 1.82) is 0 Å². The molecule has 1 N–H and O–H groups in total. The second-order valence-corrected chi connectivity index (χ2v) is 12.1. The summed E-state index contributed by atoms with van der Waals surface area (Å²) in [6.07, 6.45) is -3.06. The van der Waals surface area contributed by atoms with Crippen molar-refractivity contribution >= 4 is 17.6 Å². The van der Waals surface area contributed by atoms with Crippen LogP contribution in [0.1, 0.15) is 58.4 Å². The van der Waals surface area contributed by atoms with E-state index in [1.165, 1.54) is 35.2 Å². The van der Waals surface area contributed by atoms with Crippen molar-refractivity contribution in [2.45, 2.75) is 44.4 Å². The summed E-state index contributed by atoms with van der Waals surface area (Å²) in [6, 6.07) is 17.4. The number of rotatable bonds is 12. The van der Waals surface area contributed by atoms with Crippen LogP contribution in [0.4, 0.5) is 23.4 Å². The third-order valence-corrected chi connectivity index (χ3v) is 8.44. The number of unbranched alkanes of at least 4 members (excludes halogenated alkanes) is 1. The Morgan fingerprint density at radius 1 is 1.00 bits per heavy atom. The fourth-order valence-corrected chi connectivity index (χ4v) is 6.09. The summed E-state index contributed by atoms with van der Waals surface area (Å²) in [5.74, 6) is -2.39. The van der Waals surface area contributed by atoms with Gasteiger partial charge in [-0.3, -0.25) is 14.5 Å². The van der Waals surface area contributed by atoms with Crippen LogP contribution in [0.25, 0.3) is 10.6 Å². The number of nitrogens with zero attached hydrogens (tertiary/aromatic N) is 6. The van der Waals surface area contributed by atoms with Crippen LogP contribution in [0.3, 0.4) is 0 Å². The van der Waals surface area contributed by atoms with E-state index in [4.69, 9.17) is 11.7 Å². The van der Waals surface area contributed by atoms with Crippen molar-refractivity contribution in [2.24, 2.45) is 0 Å². The molecule has 1 aromatic heterocycles. The molecule has 0 spiro atoms. The molecule has 0 radical (unpaired) electrons. The summed E-state index contributed by atoms with van der Waals surface area (Å²) >= 11 is 0. The molecule has 2 amide bonds. The van der Waals surface area contributed by atoms with Crippen LogP contribution in [0.5, 0.6) is 0 Å². The Balaban J connectivity index is 1.66. The number of carbonyl (C=O) groups excluding carboxylic acids is 2. The van der Waals surface area contributed by atoms with Crippen LogP contribution in [-0.2, 0) is 17.5 Å². The van der Waals surface area contributed by atoms with Gasteiger partial charge in [-0.15, -0.1) is 5.01 Å². The third kappa shape index (κ3) is 7.76.